The van der Waals surface area contributed by atoms with E-state index in [2.05, 4.69) is 44.3 Å². The Balaban J connectivity index is 1.83. The highest BCUT2D eigenvalue weighted by atomic mass is 79.9. The lowest BCUT2D eigenvalue weighted by Crippen LogP contribution is -2.43. The van der Waals surface area contributed by atoms with Crippen molar-refractivity contribution in [2.45, 2.75) is 18.8 Å². The molecule has 86 valence electrons. The Labute approximate surface area is 105 Å². The predicted molar refractivity (Wildman–Crippen MR) is 71.2 cm³/mol. The van der Waals surface area contributed by atoms with Crippen LogP contribution >= 0.6 is 15.9 Å². The van der Waals surface area contributed by atoms with Gasteiger partial charge in [0.05, 0.1) is 5.69 Å². The minimum Gasteiger partial charge on any atom is -0.368 e. The van der Waals surface area contributed by atoms with Crippen LogP contribution in [0.5, 0.6) is 0 Å². The normalized spacial score (nSPS) is 21.2. The molecule has 0 radical (unpaired) electrons. The topological polar surface area (TPSA) is 15.3 Å². The molecule has 0 spiro atoms. The van der Waals surface area contributed by atoms with Gasteiger partial charge in [-0.05, 0) is 52.4 Å². The standard InChI is InChI=1S/C13H17BrN2/c14-12-9-11(10-1-2-10)3-4-13(12)16-7-5-15-6-8-16/h3-4,9-10,15H,1-2,5-8H2. The largest absolute Gasteiger partial charge is 0.368 e. The van der Waals surface area contributed by atoms with E-state index in [1.165, 1.54) is 28.6 Å². The first-order chi connectivity index (χ1) is 7.84. The third-order valence-electron chi connectivity index (χ3n) is 3.48. The minimum absolute atomic E-state index is 0.841. The zero-order valence-electron chi connectivity index (χ0n) is 9.38. The van der Waals surface area contributed by atoms with Crippen LogP contribution in [0.4, 0.5) is 5.69 Å². The fourth-order valence-electron chi connectivity index (χ4n) is 2.36. The molecule has 0 bridgehead atoms. The molecule has 2 aliphatic rings. The summed E-state index contributed by atoms with van der Waals surface area (Å²) in [6.07, 6.45) is 2.75. The van der Waals surface area contributed by atoms with Crippen molar-refractivity contribution in [1.29, 1.82) is 0 Å². The van der Waals surface area contributed by atoms with Gasteiger partial charge in [-0.2, -0.15) is 0 Å². The van der Waals surface area contributed by atoms with Gasteiger partial charge in [-0.3, -0.25) is 0 Å². The number of rotatable bonds is 2. The van der Waals surface area contributed by atoms with Gasteiger partial charge in [0.2, 0.25) is 0 Å². The number of benzene rings is 1. The van der Waals surface area contributed by atoms with Crippen LogP contribution in [0.25, 0.3) is 0 Å². The maximum atomic E-state index is 3.72. The average molecular weight is 281 g/mol. The smallest absolute Gasteiger partial charge is 0.0511 e. The highest BCUT2D eigenvalue weighted by molar-refractivity contribution is 9.10. The molecule has 1 aromatic rings. The van der Waals surface area contributed by atoms with Gasteiger partial charge in [-0.15, -0.1) is 0 Å². The van der Waals surface area contributed by atoms with Gasteiger partial charge < -0.3 is 10.2 Å². The summed E-state index contributed by atoms with van der Waals surface area (Å²) in [5.74, 6) is 0.841. The van der Waals surface area contributed by atoms with E-state index in [1.54, 1.807) is 0 Å². The third kappa shape index (κ3) is 2.11. The van der Waals surface area contributed by atoms with E-state index in [1.807, 2.05) is 0 Å². The molecule has 1 N–H and O–H groups in total. The van der Waals surface area contributed by atoms with E-state index in [9.17, 15) is 0 Å². The Hall–Kier alpha value is -0.540. The number of nitrogens with one attached hydrogen (secondary N) is 1. The molecule has 1 heterocycles. The number of anilines is 1. The zero-order chi connectivity index (χ0) is 11.0. The molecule has 1 aromatic carbocycles. The first-order valence-electron chi connectivity index (χ1n) is 6.10. The second-order valence-electron chi connectivity index (χ2n) is 4.72. The second-order valence-corrected chi connectivity index (χ2v) is 5.58. The van der Waals surface area contributed by atoms with Crippen molar-refractivity contribution in [3.8, 4) is 0 Å². The molecular formula is C13H17BrN2. The molecule has 2 nitrogen and oxygen atoms in total. The first-order valence-corrected chi connectivity index (χ1v) is 6.89. The van der Waals surface area contributed by atoms with E-state index < -0.39 is 0 Å². The van der Waals surface area contributed by atoms with Crippen LogP contribution in [-0.2, 0) is 0 Å². The second kappa shape index (κ2) is 4.38. The Kier molecular flexibility index (Phi) is 2.90. The quantitative estimate of drug-likeness (QED) is 0.896. The fraction of sp³-hybridized carbons (Fsp3) is 0.538. The van der Waals surface area contributed by atoms with Gasteiger partial charge >= 0.3 is 0 Å². The summed E-state index contributed by atoms with van der Waals surface area (Å²) in [6, 6.07) is 6.90. The molecule has 0 atom stereocenters. The van der Waals surface area contributed by atoms with Crippen LogP contribution in [-0.4, -0.2) is 26.2 Å². The minimum atomic E-state index is 0.841. The predicted octanol–water partition coefficient (Wildman–Crippen LogP) is 2.74. The van der Waals surface area contributed by atoms with E-state index in [4.69, 9.17) is 0 Å². The summed E-state index contributed by atoms with van der Waals surface area (Å²) in [5.41, 5.74) is 2.86. The Morgan fingerprint density at radius 3 is 2.56 bits per heavy atom. The van der Waals surface area contributed by atoms with Gasteiger partial charge in [0, 0.05) is 30.7 Å². The van der Waals surface area contributed by atoms with Gasteiger partial charge in [-0.1, -0.05) is 6.07 Å². The van der Waals surface area contributed by atoms with Gasteiger partial charge in [-0.25, -0.2) is 0 Å². The first kappa shape index (κ1) is 10.6. The molecule has 0 unspecified atom stereocenters. The molecule has 1 aliphatic carbocycles. The van der Waals surface area contributed by atoms with Crippen molar-refractivity contribution in [2.24, 2.45) is 0 Å². The van der Waals surface area contributed by atoms with Crippen molar-refractivity contribution in [3.05, 3.63) is 28.2 Å². The number of hydrogen-bond donors (Lipinski definition) is 1. The molecule has 1 saturated carbocycles. The van der Waals surface area contributed by atoms with E-state index in [-0.39, 0.29) is 0 Å². The molecule has 1 aliphatic heterocycles. The molecule has 2 fully saturated rings. The SMILES string of the molecule is Brc1cc(C2CC2)ccc1N1CCNCC1. The summed E-state index contributed by atoms with van der Waals surface area (Å²) in [6.45, 7) is 4.41. The van der Waals surface area contributed by atoms with E-state index >= 15 is 0 Å². The Bertz CT molecular complexity index is 382. The van der Waals surface area contributed by atoms with Crippen molar-refractivity contribution >= 4 is 21.6 Å². The monoisotopic (exact) mass is 280 g/mol. The van der Waals surface area contributed by atoms with Crippen LogP contribution in [0, 0.1) is 0 Å². The number of hydrogen-bond acceptors (Lipinski definition) is 2. The highest BCUT2D eigenvalue weighted by Gasteiger charge is 2.24. The summed E-state index contributed by atoms with van der Waals surface area (Å²) < 4.78 is 1.26. The van der Waals surface area contributed by atoms with Crippen LogP contribution < -0.4 is 10.2 Å². The van der Waals surface area contributed by atoms with E-state index in [0.29, 0.717) is 0 Å². The third-order valence-corrected chi connectivity index (χ3v) is 4.11. The maximum absolute atomic E-state index is 3.72. The molecule has 3 heteroatoms. The number of halogens is 1. The van der Waals surface area contributed by atoms with E-state index in [0.717, 1.165) is 32.1 Å². The molecule has 1 saturated heterocycles. The Morgan fingerprint density at radius 1 is 1.19 bits per heavy atom. The van der Waals surface area contributed by atoms with Crippen molar-refractivity contribution in [3.63, 3.8) is 0 Å². The van der Waals surface area contributed by atoms with Crippen molar-refractivity contribution in [2.75, 3.05) is 31.1 Å². The Morgan fingerprint density at radius 2 is 1.94 bits per heavy atom. The van der Waals surface area contributed by atoms with Gasteiger partial charge in [0.15, 0.2) is 0 Å². The lowest BCUT2D eigenvalue weighted by Gasteiger charge is -2.30. The molecule has 3 rings (SSSR count). The van der Waals surface area contributed by atoms with Gasteiger partial charge in [0.25, 0.3) is 0 Å². The maximum Gasteiger partial charge on any atom is 0.0511 e. The molecule has 16 heavy (non-hydrogen) atoms. The summed E-state index contributed by atoms with van der Waals surface area (Å²) in [7, 11) is 0. The van der Waals surface area contributed by atoms with Crippen LogP contribution in [0.1, 0.15) is 24.3 Å². The van der Waals surface area contributed by atoms with Crippen molar-refractivity contribution < 1.29 is 0 Å². The zero-order valence-corrected chi connectivity index (χ0v) is 11.0. The summed E-state index contributed by atoms with van der Waals surface area (Å²) in [5, 5.41) is 3.39. The van der Waals surface area contributed by atoms with Gasteiger partial charge in [0.1, 0.15) is 0 Å². The molecule has 0 aromatic heterocycles. The number of piperazine rings is 1. The number of nitrogens with zero attached hydrogens (tertiary/aromatic N) is 1. The molecule has 0 amide bonds. The fourth-order valence-corrected chi connectivity index (χ4v) is 3.00. The summed E-state index contributed by atoms with van der Waals surface area (Å²) in [4.78, 5) is 2.46. The average Bonchev–Trinajstić information content (AvgIpc) is 3.14. The lowest BCUT2D eigenvalue weighted by molar-refractivity contribution is 0.588. The van der Waals surface area contributed by atoms with Crippen LogP contribution in [0.15, 0.2) is 22.7 Å². The lowest BCUT2D eigenvalue weighted by atomic mass is 10.1. The molecular weight excluding hydrogens is 264 g/mol. The summed E-state index contributed by atoms with van der Waals surface area (Å²) >= 11 is 3.72. The van der Waals surface area contributed by atoms with Crippen LogP contribution in [0.2, 0.25) is 0 Å². The van der Waals surface area contributed by atoms with Crippen molar-refractivity contribution in [1.82, 2.24) is 5.32 Å². The highest BCUT2D eigenvalue weighted by Crippen LogP contribution is 2.42. The van der Waals surface area contributed by atoms with Crippen LogP contribution in [0.3, 0.4) is 0 Å².